The van der Waals surface area contributed by atoms with Crippen LogP contribution in [0.15, 0.2) is 176 Å². The highest BCUT2D eigenvalue weighted by Crippen LogP contribution is 2.40. The highest BCUT2D eigenvalue weighted by molar-refractivity contribution is 6.17. The number of rotatable bonds is 4. The quantitative estimate of drug-likeness (QED) is 0.188. The first-order valence-corrected chi connectivity index (χ1v) is 17.5. The van der Waals surface area contributed by atoms with Gasteiger partial charge >= 0.3 is 0 Å². The van der Waals surface area contributed by atoms with Crippen molar-refractivity contribution >= 4 is 65.2 Å². The van der Waals surface area contributed by atoms with E-state index in [0.717, 1.165) is 60.4 Å². The molecule has 0 radical (unpaired) electrons. The van der Waals surface area contributed by atoms with Crippen LogP contribution in [0, 0.1) is 0 Å². The Morgan fingerprint density at radius 2 is 0.885 bits per heavy atom. The van der Waals surface area contributed by atoms with Gasteiger partial charge in [0.25, 0.3) is 0 Å². The van der Waals surface area contributed by atoms with Gasteiger partial charge in [0.05, 0.1) is 22.1 Å². The standard InChI is InChI=1S/C47H29N5/c1-3-14-30(15-4-1)45-48-46(37-23-13-25-41-44(37)36-22-11-12-24-40(36)51(41)35-20-5-2-6-21-35)50-47(49-45)52-42-28-33-18-9-7-16-31(33)26-38(42)39-27-32-17-8-10-19-34(32)29-43(39)52/h1-29H. The van der Waals surface area contributed by atoms with E-state index >= 15 is 0 Å². The molecule has 0 saturated carbocycles. The maximum absolute atomic E-state index is 5.40. The van der Waals surface area contributed by atoms with E-state index in [1.807, 2.05) is 18.2 Å². The summed E-state index contributed by atoms with van der Waals surface area (Å²) >= 11 is 0. The first-order chi connectivity index (χ1) is 25.8. The molecule has 0 atom stereocenters. The maximum Gasteiger partial charge on any atom is 0.238 e. The fourth-order valence-corrected chi connectivity index (χ4v) is 7.97. The predicted molar refractivity (Wildman–Crippen MR) is 214 cm³/mol. The summed E-state index contributed by atoms with van der Waals surface area (Å²) in [6, 6.07) is 62.0. The molecule has 0 saturated heterocycles. The van der Waals surface area contributed by atoms with Gasteiger partial charge in [-0.25, -0.2) is 4.98 Å². The lowest BCUT2D eigenvalue weighted by Crippen LogP contribution is -2.06. The number of hydrogen-bond donors (Lipinski definition) is 0. The molecule has 0 N–H and O–H groups in total. The van der Waals surface area contributed by atoms with Gasteiger partial charge < -0.3 is 4.57 Å². The Kier molecular flexibility index (Phi) is 6.18. The van der Waals surface area contributed by atoms with E-state index in [1.165, 1.54) is 21.5 Å². The largest absolute Gasteiger partial charge is 0.309 e. The summed E-state index contributed by atoms with van der Waals surface area (Å²) in [7, 11) is 0. The first kappa shape index (κ1) is 28.7. The van der Waals surface area contributed by atoms with Crippen LogP contribution in [0.4, 0.5) is 0 Å². The van der Waals surface area contributed by atoms with Gasteiger partial charge in [0.1, 0.15) is 0 Å². The SMILES string of the molecule is c1ccc(-c2nc(-c3cccc4c3c3ccccc3n4-c3ccccc3)nc(-n3c4cc5ccccc5cc4c4cc5ccccc5cc43)n2)cc1. The van der Waals surface area contributed by atoms with E-state index in [2.05, 4.69) is 167 Å². The Balaban J connectivity index is 1.26. The summed E-state index contributed by atoms with van der Waals surface area (Å²) in [5.74, 6) is 1.83. The van der Waals surface area contributed by atoms with Crippen molar-refractivity contribution in [3.05, 3.63) is 176 Å². The molecule has 5 heteroatoms. The van der Waals surface area contributed by atoms with Crippen molar-refractivity contribution in [2.24, 2.45) is 0 Å². The number of aromatic nitrogens is 5. The van der Waals surface area contributed by atoms with E-state index in [1.54, 1.807) is 0 Å². The van der Waals surface area contributed by atoms with Crippen molar-refractivity contribution in [1.29, 1.82) is 0 Å². The van der Waals surface area contributed by atoms with Crippen LogP contribution in [0.3, 0.4) is 0 Å². The molecule has 11 aromatic rings. The molecule has 242 valence electrons. The van der Waals surface area contributed by atoms with Crippen LogP contribution in [-0.2, 0) is 0 Å². The lowest BCUT2D eigenvalue weighted by Gasteiger charge is -2.12. The molecule has 52 heavy (non-hydrogen) atoms. The van der Waals surface area contributed by atoms with Crippen LogP contribution in [0.2, 0.25) is 0 Å². The number of benzene rings is 8. The Morgan fingerprint density at radius 3 is 1.56 bits per heavy atom. The predicted octanol–water partition coefficient (Wildman–Crippen LogP) is 11.7. The van der Waals surface area contributed by atoms with Crippen LogP contribution in [0.1, 0.15) is 0 Å². The van der Waals surface area contributed by atoms with E-state index in [0.29, 0.717) is 17.6 Å². The molecule has 3 heterocycles. The van der Waals surface area contributed by atoms with Crippen molar-refractivity contribution in [3.8, 4) is 34.4 Å². The van der Waals surface area contributed by atoms with Gasteiger partial charge in [0.2, 0.25) is 5.95 Å². The van der Waals surface area contributed by atoms with Gasteiger partial charge in [-0.15, -0.1) is 0 Å². The second-order valence-electron chi connectivity index (χ2n) is 13.3. The van der Waals surface area contributed by atoms with Crippen LogP contribution in [-0.4, -0.2) is 24.1 Å². The summed E-state index contributed by atoms with van der Waals surface area (Å²) in [6.45, 7) is 0. The van der Waals surface area contributed by atoms with Gasteiger partial charge in [-0.1, -0.05) is 127 Å². The molecule has 0 fully saturated rings. The normalized spacial score (nSPS) is 11.8. The average molecular weight is 664 g/mol. The minimum absolute atomic E-state index is 0.582. The Bertz CT molecular complexity index is 3080. The van der Waals surface area contributed by atoms with Crippen LogP contribution >= 0.6 is 0 Å². The molecule has 0 spiro atoms. The molecule has 0 amide bonds. The van der Waals surface area contributed by atoms with Crippen molar-refractivity contribution < 1.29 is 0 Å². The van der Waals surface area contributed by atoms with Crippen LogP contribution < -0.4 is 0 Å². The zero-order valence-corrected chi connectivity index (χ0v) is 28.0. The number of fused-ring (bicyclic) bond motifs is 8. The fourth-order valence-electron chi connectivity index (χ4n) is 7.97. The third-order valence-corrected chi connectivity index (χ3v) is 10.3. The minimum Gasteiger partial charge on any atom is -0.309 e. The van der Waals surface area contributed by atoms with Crippen LogP contribution in [0.25, 0.3) is 99.6 Å². The number of nitrogens with zero attached hydrogens (tertiary/aromatic N) is 5. The lowest BCUT2D eigenvalue weighted by molar-refractivity contribution is 0.955. The van der Waals surface area contributed by atoms with Gasteiger partial charge in [-0.2, -0.15) is 9.97 Å². The second-order valence-corrected chi connectivity index (χ2v) is 13.3. The summed E-state index contributed by atoms with van der Waals surface area (Å²) in [4.78, 5) is 15.9. The molecule has 0 aliphatic rings. The molecule has 8 aromatic carbocycles. The Morgan fingerprint density at radius 1 is 0.346 bits per heavy atom. The number of hydrogen-bond acceptors (Lipinski definition) is 3. The molecular weight excluding hydrogens is 635 g/mol. The third-order valence-electron chi connectivity index (χ3n) is 10.3. The molecule has 0 unspecified atom stereocenters. The maximum atomic E-state index is 5.40. The summed E-state index contributed by atoms with van der Waals surface area (Å²) in [5.41, 5.74) is 7.34. The third kappa shape index (κ3) is 4.33. The van der Waals surface area contributed by atoms with Crippen molar-refractivity contribution in [2.45, 2.75) is 0 Å². The molecule has 0 aliphatic heterocycles. The smallest absolute Gasteiger partial charge is 0.238 e. The van der Waals surface area contributed by atoms with Gasteiger partial charge in [-0.3, -0.25) is 4.57 Å². The van der Waals surface area contributed by atoms with E-state index < -0.39 is 0 Å². The minimum atomic E-state index is 0.582. The van der Waals surface area contributed by atoms with Gasteiger partial charge in [-0.05, 0) is 70.1 Å². The molecule has 3 aromatic heterocycles. The second kappa shape index (κ2) is 11.2. The zero-order chi connectivity index (χ0) is 34.2. The van der Waals surface area contributed by atoms with E-state index in [4.69, 9.17) is 15.0 Å². The topological polar surface area (TPSA) is 48.5 Å². The molecule has 5 nitrogen and oxygen atoms in total. The van der Waals surface area contributed by atoms with Crippen molar-refractivity contribution in [2.75, 3.05) is 0 Å². The molecular formula is C47H29N5. The van der Waals surface area contributed by atoms with E-state index in [-0.39, 0.29) is 0 Å². The van der Waals surface area contributed by atoms with Gasteiger partial charge in [0, 0.05) is 38.4 Å². The fraction of sp³-hybridized carbons (Fsp3) is 0. The van der Waals surface area contributed by atoms with Crippen molar-refractivity contribution in [3.63, 3.8) is 0 Å². The summed E-state index contributed by atoms with van der Waals surface area (Å²) in [6.07, 6.45) is 0. The number of para-hydroxylation sites is 2. The van der Waals surface area contributed by atoms with E-state index in [9.17, 15) is 0 Å². The van der Waals surface area contributed by atoms with Crippen LogP contribution in [0.5, 0.6) is 0 Å². The summed E-state index contributed by atoms with van der Waals surface area (Å²) < 4.78 is 4.56. The van der Waals surface area contributed by atoms with Gasteiger partial charge in [0.15, 0.2) is 11.6 Å². The zero-order valence-electron chi connectivity index (χ0n) is 28.0. The average Bonchev–Trinajstić information content (AvgIpc) is 3.71. The Labute approximate surface area is 298 Å². The Hall–Kier alpha value is -7.11. The highest BCUT2D eigenvalue weighted by atomic mass is 15.2. The summed E-state index contributed by atoms with van der Waals surface area (Å²) in [5, 5.41) is 9.31. The monoisotopic (exact) mass is 663 g/mol. The molecule has 11 rings (SSSR count). The molecule has 0 bridgehead atoms. The lowest BCUT2D eigenvalue weighted by atomic mass is 10.0. The first-order valence-electron chi connectivity index (χ1n) is 17.5. The molecule has 0 aliphatic carbocycles. The van der Waals surface area contributed by atoms with Crippen molar-refractivity contribution in [1.82, 2.24) is 24.1 Å². The highest BCUT2D eigenvalue weighted by Gasteiger charge is 2.22.